The third kappa shape index (κ3) is 2.55. The molecule has 0 spiro atoms. The minimum Gasteiger partial charge on any atom is -0.382 e. The Balaban J connectivity index is 1.60. The summed E-state index contributed by atoms with van der Waals surface area (Å²) in [7, 11) is 0. The first-order valence-electron chi connectivity index (χ1n) is 7.88. The van der Waals surface area contributed by atoms with Crippen LogP contribution in [0.25, 0.3) is 0 Å². The summed E-state index contributed by atoms with van der Waals surface area (Å²) in [6.45, 7) is 0. The van der Waals surface area contributed by atoms with Crippen molar-refractivity contribution in [3.8, 4) is 0 Å². The summed E-state index contributed by atoms with van der Waals surface area (Å²) in [4.78, 5) is 0. The van der Waals surface area contributed by atoms with Crippen molar-refractivity contribution >= 4 is 17.3 Å². The van der Waals surface area contributed by atoms with Gasteiger partial charge in [-0.15, -0.1) is 0 Å². The van der Waals surface area contributed by atoms with Gasteiger partial charge in [0.1, 0.15) is 0 Å². The predicted molar refractivity (Wildman–Crippen MR) is 88.9 cm³/mol. The van der Waals surface area contributed by atoms with Gasteiger partial charge in [0.25, 0.3) is 0 Å². The Morgan fingerprint density at radius 1 is 0.857 bits per heavy atom. The number of rotatable bonds is 2. The highest BCUT2D eigenvalue weighted by molar-refractivity contribution is 6.30. The van der Waals surface area contributed by atoms with Crippen LogP contribution in [0.2, 0.25) is 5.02 Å². The van der Waals surface area contributed by atoms with E-state index in [0.29, 0.717) is 6.04 Å². The quantitative estimate of drug-likeness (QED) is 0.827. The number of hydrogen-bond acceptors (Lipinski definition) is 1. The number of hydrogen-bond donors (Lipinski definition) is 1. The van der Waals surface area contributed by atoms with Gasteiger partial charge in [0.05, 0.1) is 0 Å². The fourth-order valence-corrected chi connectivity index (χ4v) is 4.35. The Bertz CT molecular complexity index is 619. The van der Waals surface area contributed by atoms with Gasteiger partial charge in [-0.3, -0.25) is 0 Å². The first-order chi connectivity index (χ1) is 10.3. The van der Waals surface area contributed by atoms with Gasteiger partial charge in [-0.25, -0.2) is 0 Å². The molecule has 108 valence electrons. The Morgan fingerprint density at radius 2 is 1.52 bits per heavy atom. The topological polar surface area (TPSA) is 12.0 Å². The first kappa shape index (κ1) is 13.2. The highest BCUT2D eigenvalue weighted by Crippen LogP contribution is 2.41. The number of halogens is 1. The molecule has 2 heteroatoms. The third-order valence-corrected chi connectivity index (χ3v) is 5.40. The Kier molecular flexibility index (Phi) is 3.39. The van der Waals surface area contributed by atoms with Crippen molar-refractivity contribution in [3.05, 3.63) is 64.7 Å². The zero-order chi connectivity index (χ0) is 14.2. The zero-order valence-corrected chi connectivity index (χ0v) is 12.8. The summed E-state index contributed by atoms with van der Waals surface area (Å²) in [6, 6.07) is 17.7. The normalized spacial score (nSPS) is 27.0. The van der Waals surface area contributed by atoms with E-state index in [1.54, 1.807) is 11.1 Å². The molecule has 0 heterocycles. The van der Waals surface area contributed by atoms with Crippen molar-refractivity contribution in [2.45, 2.75) is 31.7 Å². The Labute approximate surface area is 131 Å². The molecule has 2 unspecified atom stereocenters. The van der Waals surface area contributed by atoms with Gasteiger partial charge in [-0.2, -0.15) is 0 Å². The molecule has 0 aliphatic heterocycles. The molecule has 0 amide bonds. The molecule has 2 bridgehead atoms. The lowest BCUT2D eigenvalue weighted by Crippen LogP contribution is -2.30. The molecule has 4 rings (SSSR count). The van der Waals surface area contributed by atoms with Crippen LogP contribution in [0.1, 0.15) is 24.0 Å². The lowest BCUT2D eigenvalue weighted by molar-refractivity contribution is 0.450. The second-order valence-corrected chi connectivity index (χ2v) is 6.89. The van der Waals surface area contributed by atoms with E-state index in [-0.39, 0.29) is 0 Å². The maximum absolute atomic E-state index is 6.12. The minimum atomic E-state index is 0.580. The predicted octanol–water partition coefficient (Wildman–Crippen LogP) is 4.95. The largest absolute Gasteiger partial charge is 0.382 e. The van der Waals surface area contributed by atoms with Crippen LogP contribution in [0.15, 0.2) is 48.5 Å². The molecule has 1 saturated carbocycles. The summed E-state index contributed by atoms with van der Waals surface area (Å²) in [6.07, 6.45) is 5.12. The van der Waals surface area contributed by atoms with E-state index in [1.807, 2.05) is 18.2 Å². The van der Waals surface area contributed by atoms with Crippen molar-refractivity contribution in [1.29, 1.82) is 0 Å². The van der Waals surface area contributed by atoms with Crippen LogP contribution in [-0.2, 0) is 12.8 Å². The summed E-state index contributed by atoms with van der Waals surface area (Å²) >= 11 is 6.12. The minimum absolute atomic E-state index is 0.580. The molecule has 0 radical (unpaired) electrons. The van der Waals surface area contributed by atoms with Crippen LogP contribution in [0, 0.1) is 11.8 Å². The van der Waals surface area contributed by atoms with Crippen LogP contribution < -0.4 is 5.32 Å². The number of fused-ring (bicyclic) bond motifs is 3. The number of anilines is 1. The van der Waals surface area contributed by atoms with E-state index in [4.69, 9.17) is 11.6 Å². The van der Waals surface area contributed by atoms with Crippen LogP contribution in [-0.4, -0.2) is 6.04 Å². The number of benzene rings is 2. The van der Waals surface area contributed by atoms with Crippen LogP contribution in [0.4, 0.5) is 5.69 Å². The SMILES string of the molecule is Clc1cccc(NC2C3CCC2Cc2ccccc2C3)c1. The lowest BCUT2D eigenvalue weighted by atomic mass is 9.94. The van der Waals surface area contributed by atoms with Crippen LogP contribution >= 0.6 is 11.6 Å². The van der Waals surface area contributed by atoms with E-state index >= 15 is 0 Å². The van der Waals surface area contributed by atoms with E-state index in [1.165, 1.54) is 25.7 Å². The van der Waals surface area contributed by atoms with Crippen molar-refractivity contribution in [2.75, 3.05) is 5.32 Å². The average molecular weight is 298 g/mol. The van der Waals surface area contributed by atoms with Crippen molar-refractivity contribution < 1.29 is 0 Å². The van der Waals surface area contributed by atoms with Gasteiger partial charge in [-0.1, -0.05) is 41.9 Å². The van der Waals surface area contributed by atoms with E-state index in [2.05, 4.69) is 35.6 Å². The van der Waals surface area contributed by atoms with Gasteiger partial charge in [0, 0.05) is 16.8 Å². The molecule has 1 fully saturated rings. The smallest absolute Gasteiger partial charge is 0.0426 e. The van der Waals surface area contributed by atoms with Crippen molar-refractivity contribution in [2.24, 2.45) is 11.8 Å². The molecule has 21 heavy (non-hydrogen) atoms. The van der Waals surface area contributed by atoms with Gasteiger partial charge in [0.15, 0.2) is 0 Å². The molecule has 2 atom stereocenters. The van der Waals surface area contributed by atoms with Gasteiger partial charge >= 0.3 is 0 Å². The molecule has 0 saturated heterocycles. The van der Waals surface area contributed by atoms with E-state index in [0.717, 1.165) is 22.5 Å². The molecule has 2 aliphatic rings. The summed E-state index contributed by atoms with van der Waals surface area (Å²) in [5, 5.41) is 4.58. The van der Waals surface area contributed by atoms with Crippen molar-refractivity contribution in [3.63, 3.8) is 0 Å². The molecule has 2 aromatic carbocycles. The molecule has 2 aromatic rings. The molecule has 1 nitrogen and oxygen atoms in total. The highest BCUT2D eigenvalue weighted by atomic mass is 35.5. The van der Waals surface area contributed by atoms with E-state index < -0.39 is 0 Å². The maximum Gasteiger partial charge on any atom is 0.0426 e. The molecular weight excluding hydrogens is 278 g/mol. The van der Waals surface area contributed by atoms with Gasteiger partial charge in [0.2, 0.25) is 0 Å². The standard InChI is InChI=1S/C19H20ClN/c20-17-6-3-7-18(12-17)21-19-15-8-9-16(19)11-14-5-2-1-4-13(14)10-15/h1-7,12,15-16,19,21H,8-11H2. The molecule has 0 aromatic heterocycles. The first-order valence-corrected chi connectivity index (χ1v) is 8.26. The van der Waals surface area contributed by atoms with Gasteiger partial charge in [-0.05, 0) is 66.8 Å². The lowest BCUT2D eigenvalue weighted by Gasteiger charge is -2.25. The van der Waals surface area contributed by atoms with Crippen molar-refractivity contribution in [1.82, 2.24) is 0 Å². The second kappa shape index (κ2) is 5.38. The zero-order valence-electron chi connectivity index (χ0n) is 12.1. The summed E-state index contributed by atoms with van der Waals surface area (Å²) < 4.78 is 0. The number of nitrogens with one attached hydrogen (secondary N) is 1. The summed E-state index contributed by atoms with van der Waals surface area (Å²) in [5.74, 6) is 1.50. The Morgan fingerprint density at radius 3 is 2.14 bits per heavy atom. The molecular formula is C19H20ClN. The van der Waals surface area contributed by atoms with Crippen LogP contribution in [0.5, 0.6) is 0 Å². The second-order valence-electron chi connectivity index (χ2n) is 6.45. The molecule has 2 aliphatic carbocycles. The third-order valence-electron chi connectivity index (χ3n) is 5.16. The average Bonchev–Trinajstić information content (AvgIpc) is 2.75. The highest BCUT2D eigenvalue weighted by Gasteiger charge is 2.38. The van der Waals surface area contributed by atoms with E-state index in [9.17, 15) is 0 Å². The summed E-state index contributed by atoms with van der Waals surface area (Å²) in [5.41, 5.74) is 4.28. The Hall–Kier alpha value is -1.47. The van der Waals surface area contributed by atoms with Crippen LogP contribution in [0.3, 0.4) is 0 Å². The van der Waals surface area contributed by atoms with Gasteiger partial charge < -0.3 is 5.32 Å². The fraction of sp³-hybridized carbons (Fsp3) is 0.368. The maximum atomic E-state index is 6.12. The molecule has 1 N–H and O–H groups in total. The fourth-order valence-electron chi connectivity index (χ4n) is 4.16. The monoisotopic (exact) mass is 297 g/mol.